The molecule has 1 atom stereocenters. The summed E-state index contributed by atoms with van der Waals surface area (Å²) in [4.78, 5) is 0. The van der Waals surface area contributed by atoms with Crippen molar-refractivity contribution in [3.63, 3.8) is 0 Å². The van der Waals surface area contributed by atoms with E-state index in [0.717, 1.165) is 25.1 Å². The number of rotatable bonds is 8. The molecule has 1 unspecified atom stereocenters. The normalized spacial score (nSPS) is 13.9. The molecule has 0 spiro atoms. The van der Waals surface area contributed by atoms with Crippen LogP contribution >= 0.6 is 11.3 Å². The van der Waals surface area contributed by atoms with Crippen LogP contribution in [0.3, 0.4) is 0 Å². The van der Waals surface area contributed by atoms with Crippen molar-refractivity contribution in [3.8, 4) is 0 Å². The van der Waals surface area contributed by atoms with Crippen LogP contribution in [-0.2, 0) is 16.6 Å². The predicted octanol–water partition coefficient (Wildman–Crippen LogP) is 2.67. The maximum absolute atomic E-state index is 12.6. The second-order valence-corrected chi connectivity index (χ2v) is 7.55. The smallest absolute Gasteiger partial charge is 0.252 e. The molecule has 1 aromatic rings. The van der Waals surface area contributed by atoms with Crippen molar-refractivity contribution in [2.75, 3.05) is 13.1 Å². The standard InChI is InChI=1S/C13H24N2O2S2/c1-5-11(4)15(7-3)19(16,17)13-8-12(10-18-13)9-14-6-2/h8,10-11,14H,5-7,9H2,1-4H3. The van der Waals surface area contributed by atoms with E-state index in [0.29, 0.717) is 10.8 Å². The SMILES string of the molecule is CCNCc1csc(S(=O)(=O)N(CC)C(C)CC)c1. The van der Waals surface area contributed by atoms with Gasteiger partial charge in [0, 0.05) is 19.1 Å². The molecule has 0 aromatic carbocycles. The zero-order chi connectivity index (χ0) is 14.5. The van der Waals surface area contributed by atoms with Gasteiger partial charge in [-0.1, -0.05) is 20.8 Å². The maximum atomic E-state index is 12.6. The Bertz CT molecular complexity index is 483. The highest BCUT2D eigenvalue weighted by atomic mass is 32.2. The van der Waals surface area contributed by atoms with Crippen LogP contribution in [0.1, 0.15) is 39.7 Å². The van der Waals surface area contributed by atoms with Gasteiger partial charge in [0.15, 0.2) is 0 Å². The first-order chi connectivity index (χ1) is 8.97. The molecule has 0 bridgehead atoms. The van der Waals surface area contributed by atoms with Gasteiger partial charge in [-0.25, -0.2) is 8.42 Å². The van der Waals surface area contributed by atoms with E-state index >= 15 is 0 Å². The molecular weight excluding hydrogens is 280 g/mol. The molecule has 0 amide bonds. The Morgan fingerprint density at radius 1 is 1.37 bits per heavy atom. The second-order valence-electron chi connectivity index (χ2n) is 4.52. The lowest BCUT2D eigenvalue weighted by molar-refractivity contribution is 0.343. The molecule has 1 aromatic heterocycles. The lowest BCUT2D eigenvalue weighted by Gasteiger charge is -2.25. The van der Waals surface area contributed by atoms with Crippen LogP contribution in [0.15, 0.2) is 15.7 Å². The Labute approximate surface area is 120 Å². The summed E-state index contributed by atoms with van der Waals surface area (Å²) in [6.45, 7) is 9.99. The minimum Gasteiger partial charge on any atom is -0.313 e. The molecule has 4 nitrogen and oxygen atoms in total. The number of hydrogen-bond acceptors (Lipinski definition) is 4. The first-order valence-electron chi connectivity index (χ1n) is 6.77. The number of nitrogens with zero attached hydrogens (tertiary/aromatic N) is 1. The molecular formula is C13H24N2O2S2. The zero-order valence-electron chi connectivity index (χ0n) is 12.1. The largest absolute Gasteiger partial charge is 0.313 e. The average molecular weight is 304 g/mol. The summed E-state index contributed by atoms with van der Waals surface area (Å²) >= 11 is 1.31. The lowest BCUT2D eigenvalue weighted by atomic mass is 10.3. The van der Waals surface area contributed by atoms with Gasteiger partial charge in [-0.3, -0.25) is 0 Å². The summed E-state index contributed by atoms with van der Waals surface area (Å²) < 4.78 is 27.2. The highest BCUT2D eigenvalue weighted by Gasteiger charge is 2.28. The number of nitrogens with one attached hydrogen (secondary N) is 1. The molecule has 0 aliphatic heterocycles. The van der Waals surface area contributed by atoms with Gasteiger partial charge in [0.25, 0.3) is 10.0 Å². The molecule has 0 aliphatic carbocycles. The Hall–Kier alpha value is -0.430. The number of thiophene rings is 1. The van der Waals surface area contributed by atoms with E-state index in [9.17, 15) is 8.42 Å². The predicted molar refractivity (Wildman–Crippen MR) is 81.0 cm³/mol. The van der Waals surface area contributed by atoms with E-state index in [2.05, 4.69) is 5.32 Å². The van der Waals surface area contributed by atoms with Gasteiger partial charge in [-0.05, 0) is 36.9 Å². The summed E-state index contributed by atoms with van der Waals surface area (Å²) in [5.74, 6) is 0. The Balaban J connectivity index is 2.95. The maximum Gasteiger partial charge on any atom is 0.252 e. The molecule has 0 fully saturated rings. The fourth-order valence-electron chi connectivity index (χ4n) is 1.89. The Morgan fingerprint density at radius 2 is 2.05 bits per heavy atom. The van der Waals surface area contributed by atoms with Crippen LogP contribution < -0.4 is 5.32 Å². The fraction of sp³-hybridized carbons (Fsp3) is 0.692. The van der Waals surface area contributed by atoms with Crippen LogP contribution in [0.5, 0.6) is 0 Å². The molecule has 0 saturated carbocycles. The van der Waals surface area contributed by atoms with Crippen molar-refractivity contribution in [1.82, 2.24) is 9.62 Å². The first-order valence-corrected chi connectivity index (χ1v) is 9.09. The third kappa shape index (κ3) is 4.02. The summed E-state index contributed by atoms with van der Waals surface area (Å²) in [6.07, 6.45) is 0.822. The van der Waals surface area contributed by atoms with Crippen molar-refractivity contribution in [3.05, 3.63) is 17.0 Å². The first kappa shape index (κ1) is 16.6. The molecule has 1 N–H and O–H groups in total. The third-order valence-electron chi connectivity index (χ3n) is 3.17. The summed E-state index contributed by atoms with van der Waals surface area (Å²) in [6, 6.07) is 1.82. The van der Waals surface area contributed by atoms with Crippen molar-refractivity contribution < 1.29 is 8.42 Å². The van der Waals surface area contributed by atoms with E-state index in [1.807, 2.05) is 33.1 Å². The van der Waals surface area contributed by atoms with Crippen LogP contribution in [0.25, 0.3) is 0 Å². The van der Waals surface area contributed by atoms with Crippen LogP contribution in [0.2, 0.25) is 0 Å². The molecule has 1 rings (SSSR count). The topological polar surface area (TPSA) is 49.4 Å². The van der Waals surface area contributed by atoms with Gasteiger partial charge in [-0.2, -0.15) is 4.31 Å². The number of hydrogen-bond donors (Lipinski definition) is 1. The van der Waals surface area contributed by atoms with E-state index in [4.69, 9.17) is 0 Å². The third-order valence-corrected chi connectivity index (χ3v) is 6.72. The van der Waals surface area contributed by atoms with Crippen molar-refractivity contribution in [2.45, 2.75) is 50.9 Å². The van der Waals surface area contributed by atoms with E-state index in [1.54, 1.807) is 10.4 Å². The van der Waals surface area contributed by atoms with Gasteiger partial charge < -0.3 is 5.32 Å². The minimum absolute atomic E-state index is 0.0364. The summed E-state index contributed by atoms with van der Waals surface area (Å²) in [7, 11) is -3.34. The zero-order valence-corrected chi connectivity index (χ0v) is 13.8. The van der Waals surface area contributed by atoms with Crippen molar-refractivity contribution >= 4 is 21.4 Å². The fourth-order valence-corrected chi connectivity index (χ4v) is 4.94. The lowest BCUT2D eigenvalue weighted by Crippen LogP contribution is -2.37. The van der Waals surface area contributed by atoms with E-state index < -0.39 is 10.0 Å². The minimum atomic E-state index is -3.34. The van der Waals surface area contributed by atoms with Gasteiger partial charge in [0.1, 0.15) is 4.21 Å². The Kier molecular flexibility index (Phi) is 6.46. The highest BCUT2D eigenvalue weighted by Crippen LogP contribution is 2.25. The summed E-state index contributed by atoms with van der Waals surface area (Å²) in [5.41, 5.74) is 1.03. The monoisotopic (exact) mass is 304 g/mol. The van der Waals surface area contributed by atoms with Crippen LogP contribution in [-0.4, -0.2) is 31.9 Å². The van der Waals surface area contributed by atoms with Crippen LogP contribution in [0, 0.1) is 0 Å². The van der Waals surface area contributed by atoms with Crippen molar-refractivity contribution in [2.24, 2.45) is 0 Å². The van der Waals surface area contributed by atoms with E-state index in [1.165, 1.54) is 11.3 Å². The molecule has 1 heterocycles. The average Bonchev–Trinajstić information content (AvgIpc) is 2.86. The van der Waals surface area contributed by atoms with Crippen LogP contribution in [0.4, 0.5) is 0 Å². The van der Waals surface area contributed by atoms with Gasteiger partial charge in [-0.15, -0.1) is 11.3 Å². The quantitative estimate of drug-likeness (QED) is 0.803. The summed E-state index contributed by atoms with van der Waals surface area (Å²) in [5, 5.41) is 5.12. The highest BCUT2D eigenvalue weighted by molar-refractivity contribution is 7.91. The van der Waals surface area contributed by atoms with Gasteiger partial charge >= 0.3 is 0 Å². The van der Waals surface area contributed by atoms with Gasteiger partial charge in [0.05, 0.1) is 0 Å². The molecule has 6 heteroatoms. The Morgan fingerprint density at radius 3 is 2.58 bits per heavy atom. The molecule has 0 saturated heterocycles. The van der Waals surface area contributed by atoms with E-state index in [-0.39, 0.29) is 6.04 Å². The van der Waals surface area contributed by atoms with Gasteiger partial charge in [0.2, 0.25) is 0 Å². The molecule has 19 heavy (non-hydrogen) atoms. The van der Waals surface area contributed by atoms with Crippen molar-refractivity contribution in [1.29, 1.82) is 0 Å². The molecule has 110 valence electrons. The number of sulfonamides is 1. The molecule has 0 radical (unpaired) electrons. The molecule has 0 aliphatic rings. The second kappa shape index (κ2) is 7.38.